The molecule has 3 unspecified atom stereocenters. The number of nitrogens with two attached hydrogens (primary N) is 1. The third-order valence-electron chi connectivity index (χ3n) is 6.27. The summed E-state index contributed by atoms with van der Waals surface area (Å²) in [5.41, 5.74) is 6.59. The maximum Gasteiger partial charge on any atom is 0.253 e. The fourth-order valence-corrected chi connectivity index (χ4v) is 6.13. The van der Waals surface area contributed by atoms with Gasteiger partial charge in [0.2, 0.25) is 10.0 Å². The van der Waals surface area contributed by atoms with Gasteiger partial charge in [0.25, 0.3) is 5.91 Å². The Morgan fingerprint density at radius 1 is 1.12 bits per heavy atom. The molecule has 26 heavy (non-hydrogen) atoms. The molecular formula is C19H27N3O3S. The average Bonchev–Trinajstić information content (AvgIpc) is 3.34. The van der Waals surface area contributed by atoms with E-state index in [1.807, 2.05) is 4.90 Å². The van der Waals surface area contributed by atoms with E-state index in [4.69, 9.17) is 5.73 Å². The van der Waals surface area contributed by atoms with E-state index < -0.39 is 10.0 Å². The van der Waals surface area contributed by atoms with Gasteiger partial charge in [-0.15, -0.1) is 0 Å². The van der Waals surface area contributed by atoms with Crippen LogP contribution < -0.4 is 10.5 Å². The zero-order chi connectivity index (χ0) is 18.3. The van der Waals surface area contributed by atoms with Crippen molar-refractivity contribution in [3.05, 3.63) is 29.8 Å². The molecule has 1 aromatic rings. The van der Waals surface area contributed by atoms with Gasteiger partial charge in [0, 0.05) is 30.7 Å². The number of fused-ring (bicyclic) bond motifs is 1. The lowest BCUT2D eigenvalue weighted by Gasteiger charge is -2.19. The zero-order valence-corrected chi connectivity index (χ0v) is 15.7. The number of hydrogen-bond acceptors (Lipinski definition) is 4. The smallest absolute Gasteiger partial charge is 0.253 e. The normalized spacial score (nSPS) is 29.3. The topological polar surface area (TPSA) is 92.5 Å². The molecule has 3 aliphatic rings. The molecule has 6 nitrogen and oxygen atoms in total. The third kappa shape index (κ3) is 3.40. The summed E-state index contributed by atoms with van der Waals surface area (Å²) in [5, 5.41) is 0. The quantitative estimate of drug-likeness (QED) is 0.836. The van der Waals surface area contributed by atoms with E-state index in [9.17, 15) is 13.2 Å². The summed E-state index contributed by atoms with van der Waals surface area (Å²) in [6.07, 6.45) is 6.01. The summed E-state index contributed by atoms with van der Waals surface area (Å²) in [6, 6.07) is 6.61. The van der Waals surface area contributed by atoms with Gasteiger partial charge in [0.15, 0.2) is 0 Å². The van der Waals surface area contributed by atoms with Crippen LogP contribution in [0.4, 0.5) is 0 Å². The van der Waals surface area contributed by atoms with Crippen LogP contribution in [0.15, 0.2) is 29.2 Å². The highest BCUT2D eigenvalue weighted by molar-refractivity contribution is 7.89. The molecule has 0 aromatic heterocycles. The fourth-order valence-electron chi connectivity index (χ4n) is 4.78. The van der Waals surface area contributed by atoms with Crippen LogP contribution in [0.2, 0.25) is 0 Å². The molecule has 3 atom stereocenters. The maximum atomic E-state index is 12.9. The lowest BCUT2D eigenvalue weighted by molar-refractivity contribution is 0.0779. The summed E-state index contributed by atoms with van der Waals surface area (Å²) in [6.45, 7) is 1.41. The fraction of sp³-hybridized carbons (Fsp3) is 0.632. The lowest BCUT2D eigenvalue weighted by atomic mass is 9.98. The first kappa shape index (κ1) is 17.9. The molecule has 4 rings (SSSR count). The van der Waals surface area contributed by atoms with Crippen LogP contribution in [-0.2, 0) is 10.0 Å². The first-order chi connectivity index (χ1) is 12.4. The van der Waals surface area contributed by atoms with Crippen molar-refractivity contribution in [3.63, 3.8) is 0 Å². The van der Waals surface area contributed by atoms with Crippen LogP contribution in [0.1, 0.15) is 48.9 Å². The molecule has 0 bridgehead atoms. The van der Waals surface area contributed by atoms with Crippen LogP contribution >= 0.6 is 0 Å². The van der Waals surface area contributed by atoms with Crippen LogP contribution in [-0.4, -0.2) is 44.4 Å². The van der Waals surface area contributed by atoms with Gasteiger partial charge < -0.3 is 10.6 Å². The van der Waals surface area contributed by atoms with Gasteiger partial charge in [-0.25, -0.2) is 13.1 Å². The summed E-state index contributed by atoms with van der Waals surface area (Å²) in [4.78, 5) is 14.9. The van der Waals surface area contributed by atoms with Crippen molar-refractivity contribution in [2.24, 2.45) is 17.6 Å². The highest BCUT2D eigenvalue weighted by Crippen LogP contribution is 2.37. The molecule has 3 fully saturated rings. The van der Waals surface area contributed by atoms with Crippen LogP contribution in [0, 0.1) is 11.8 Å². The molecule has 1 aromatic carbocycles. The van der Waals surface area contributed by atoms with Gasteiger partial charge in [0.1, 0.15) is 0 Å². The number of nitrogens with zero attached hydrogens (tertiary/aromatic N) is 1. The molecule has 1 aliphatic heterocycles. The van der Waals surface area contributed by atoms with E-state index in [1.54, 1.807) is 18.2 Å². The van der Waals surface area contributed by atoms with E-state index in [1.165, 1.54) is 6.07 Å². The highest BCUT2D eigenvalue weighted by atomic mass is 32.2. The second-order valence-electron chi connectivity index (χ2n) is 8.01. The van der Waals surface area contributed by atoms with Crippen LogP contribution in [0.25, 0.3) is 0 Å². The van der Waals surface area contributed by atoms with Crippen LogP contribution in [0.5, 0.6) is 0 Å². The van der Waals surface area contributed by atoms with E-state index in [-0.39, 0.29) is 22.9 Å². The largest absolute Gasteiger partial charge is 0.338 e. The minimum absolute atomic E-state index is 0.0128. The van der Waals surface area contributed by atoms with Crippen molar-refractivity contribution in [3.8, 4) is 0 Å². The number of carbonyl (C=O) groups excluding carboxylic acids is 1. The Balaban J connectivity index is 1.49. The standard InChI is InChI=1S/C19H27N3O3S/c20-18-9-8-14-11-22(12-17(14)18)19(23)13-4-3-7-16(10-13)26(24,25)21-15-5-1-2-6-15/h3-4,7,10,14-15,17-18,21H,1-2,5-6,8-9,11-12,20H2. The van der Waals surface area contributed by atoms with Crippen molar-refractivity contribution < 1.29 is 13.2 Å². The van der Waals surface area contributed by atoms with Crippen molar-refractivity contribution in [2.75, 3.05) is 13.1 Å². The SMILES string of the molecule is NC1CCC2CN(C(=O)c3cccc(S(=O)(=O)NC4CCCC4)c3)CC12. The summed E-state index contributed by atoms with van der Waals surface area (Å²) >= 11 is 0. The maximum absolute atomic E-state index is 12.9. The van der Waals surface area contributed by atoms with E-state index in [2.05, 4.69) is 4.72 Å². The monoisotopic (exact) mass is 377 g/mol. The summed E-state index contributed by atoms with van der Waals surface area (Å²) in [7, 11) is -3.59. The second-order valence-corrected chi connectivity index (χ2v) is 9.72. The Labute approximate surface area is 155 Å². The molecular weight excluding hydrogens is 350 g/mol. The second kappa shape index (κ2) is 6.94. The number of benzene rings is 1. The van der Waals surface area contributed by atoms with Crippen molar-refractivity contribution in [1.82, 2.24) is 9.62 Å². The summed E-state index contributed by atoms with van der Waals surface area (Å²) < 4.78 is 28.0. The third-order valence-corrected chi connectivity index (χ3v) is 7.79. The number of hydrogen-bond donors (Lipinski definition) is 2. The molecule has 1 heterocycles. The Morgan fingerprint density at radius 2 is 1.88 bits per heavy atom. The van der Waals surface area contributed by atoms with Gasteiger partial charge in [0.05, 0.1) is 4.90 Å². The number of sulfonamides is 1. The molecule has 2 saturated carbocycles. The number of rotatable bonds is 4. The molecule has 0 spiro atoms. The first-order valence-electron chi connectivity index (χ1n) is 9.61. The zero-order valence-electron chi connectivity index (χ0n) is 14.9. The molecule has 1 saturated heterocycles. The van der Waals surface area contributed by atoms with Crippen molar-refractivity contribution >= 4 is 15.9 Å². The van der Waals surface area contributed by atoms with Gasteiger partial charge in [-0.1, -0.05) is 18.9 Å². The Hall–Kier alpha value is -1.44. The molecule has 2 aliphatic carbocycles. The van der Waals surface area contributed by atoms with E-state index >= 15 is 0 Å². The average molecular weight is 378 g/mol. The molecule has 1 amide bonds. The number of carbonyl (C=O) groups is 1. The number of nitrogens with one attached hydrogen (secondary N) is 1. The van der Waals surface area contributed by atoms with Crippen LogP contribution in [0.3, 0.4) is 0 Å². The Bertz CT molecular complexity index is 789. The Morgan fingerprint density at radius 3 is 2.62 bits per heavy atom. The minimum atomic E-state index is -3.59. The summed E-state index contributed by atoms with van der Waals surface area (Å²) in [5.74, 6) is 0.782. The van der Waals surface area contributed by atoms with Crippen molar-refractivity contribution in [1.29, 1.82) is 0 Å². The predicted octanol–water partition coefficient (Wildman–Crippen LogP) is 1.72. The minimum Gasteiger partial charge on any atom is -0.338 e. The highest BCUT2D eigenvalue weighted by Gasteiger charge is 2.42. The molecule has 142 valence electrons. The molecule has 0 radical (unpaired) electrons. The van der Waals surface area contributed by atoms with E-state index in [0.717, 1.165) is 45.1 Å². The Kier molecular flexibility index (Phi) is 4.79. The van der Waals surface area contributed by atoms with Gasteiger partial charge in [-0.05, 0) is 55.7 Å². The van der Waals surface area contributed by atoms with Gasteiger partial charge in [-0.2, -0.15) is 0 Å². The molecule has 3 N–H and O–H groups in total. The van der Waals surface area contributed by atoms with Gasteiger partial charge >= 0.3 is 0 Å². The van der Waals surface area contributed by atoms with Gasteiger partial charge in [-0.3, -0.25) is 4.79 Å². The number of likely N-dealkylation sites (tertiary alicyclic amines) is 1. The number of amides is 1. The van der Waals surface area contributed by atoms with E-state index in [0.29, 0.717) is 23.9 Å². The molecule has 7 heteroatoms. The predicted molar refractivity (Wildman–Crippen MR) is 99.1 cm³/mol. The lowest BCUT2D eigenvalue weighted by Crippen LogP contribution is -2.34. The first-order valence-corrected chi connectivity index (χ1v) is 11.1. The van der Waals surface area contributed by atoms with Crippen molar-refractivity contribution in [2.45, 2.75) is 55.5 Å².